The summed E-state index contributed by atoms with van der Waals surface area (Å²) in [6.07, 6.45) is -1.62. The maximum absolute atomic E-state index is 12.2. The maximum atomic E-state index is 12.2. The van der Waals surface area contributed by atoms with Crippen molar-refractivity contribution in [3.05, 3.63) is 54.1 Å². The quantitative estimate of drug-likeness (QED) is 0.423. The van der Waals surface area contributed by atoms with Crippen molar-refractivity contribution in [3.63, 3.8) is 0 Å². The number of hydrogen-bond donors (Lipinski definition) is 2. The van der Waals surface area contributed by atoms with E-state index < -0.39 is 24.5 Å². The summed E-state index contributed by atoms with van der Waals surface area (Å²) in [4.78, 5) is 24.1. The summed E-state index contributed by atoms with van der Waals surface area (Å²) in [5, 5.41) is 11.0. The fourth-order valence-corrected chi connectivity index (χ4v) is 3.18. The summed E-state index contributed by atoms with van der Waals surface area (Å²) in [5.41, 5.74) is 7.36. The van der Waals surface area contributed by atoms with Crippen LogP contribution < -0.4 is 15.2 Å². The van der Waals surface area contributed by atoms with Crippen molar-refractivity contribution >= 4 is 22.8 Å². The summed E-state index contributed by atoms with van der Waals surface area (Å²) < 4.78 is 12.6. The Morgan fingerprint density at radius 2 is 1.77 bits per heavy atom. The second-order valence-electron chi connectivity index (χ2n) is 5.92. The normalized spacial score (nSPS) is 15.2. The minimum Gasteiger partial charge on any atom is -0.425 e. The molecule has 1 aromatic heterocycles. The first kappa shape index (κ1) is 16.3. The van der Waals surface area contributed by atoms with Gasteiger partial charge in [-0.1, -0.05) is 24.3 Å². The molecule has 0 aliphatic carbocycles. The van der Waals surface area contributed by atoms with E-state index in [-0.39, 0.29) is 18.2 Å². The Morgan fingerprint density at radius 3 is 2.50 bits per heavy atom. The fourth-order valence-electron chi connectivity index (χ4n) is 3.18. The van der Waals surface area contributed by atoms with E-state index in [1.165, 1.54) is 0 Å². The van der Waals surface area contributed by atoms with Gasteiger partial charge in [0.15, 0.2) is 0 Å². The molecule has 3 aromatic rings. The highest BCUT2D eigenvalue weighted by atomic mass is 16.6. The summed E-state index contributed by atoms with van der Waals surface area (Å²) in [7, 11) is 0. The zero-order chi connectivity index (χ0) is 18.3. The van der Waals surface area contributed by atoms with Crippen molar-refractivity contribution in [2.75, 3.05) is 6.54 Å². The van der Waals surface area contributed by atoms with Crippen LogP contribution in [-0.4, -0.2) is 28.2 Å². The van der Waals surface area contributed by atoms with E-state index in [4.69, 9.17) is 15.2 Å². The van der Waals surface area contributed by atoms with Crippen molar-refractivity contribution in [1.29, 1.82) is 0 Å². The number of aliphatic hydroxyl groups is 1. The Hall–Kier alpha value is -3.16. The van der Waals surface area contributed by atoms with Crippen LogP contribution in [0.5, 0.6) is 11.6 Å². The molecule has 1 atom stereocenters. The number of aromatic nitrogens is 1. The molecule has 26 heavy (non-hydrogen) atoms. The summed E-state index contributed by atoms with van der Waals surface area (Å²) in [5.74, 6) is -1.09. The van der Waals surface area contributed by atoms with Gasteiger partial charge < -0.3 is 20.3 Å². The number of rotatable bonds is 3. The molecule has 4 rings (SSSR count). The van der Waals surface area contributed by atoms with Crippen LogP contribution in [0.25, 0.3) is 16.6 Å². The Labute approximate surface area is 148 Å². The van der Waals surface area contributed by atoms with Gasteiger partial charge >= 0.3 is 11.9 Å². The van der Waals surface area contributed by atoms with E-state index in [0.29, 0.717) is 16.5 Å². The predicted molar refractivity (Wildman–Crippen MR) is 93.2 cm³/mol. The smallest absolute Gasteiger partial charge is 0.323 e. The molecule has 2 heterocycles. The topological polar surface area (TPSA) is 104 Å². The summed E-state index contributed by atoms with van der Waals surface area (Å²) >= 11 is 0. The highest BCUT2D eigenvalue weighted by molar-refractivity contribution is 6.00. The van der Waals surface area contributed by atoms with E-state index in [9.17, 15) is 14.7 Å². The zero-order valence-corrected chi connectivity index (χ0v) is 13.7. The predicted octanol–water partition coefficient (Wildman–Crippen LogP) is 1.84. The van der Waals surface area contributed by atoms with Crippen molar-refractivity contribution in [1.82, 2.24) is 4.57 Å². The number of carbonyl (C=O) groups is 2. The third kappa shape index (κ3) is 2.54. The molecule has 1 aliphatic rings. The third-order valence-corrected chi connectivity index (χ3v) is 4.24. The number of fused-ring (bicyclic) bond motifs is 1. The average Bonchev–Trinajstić information content (AvgIpc) is 2.97. The lowest BCUT2D eigenvalue weighted by molar-refractivity contribution is -0.144. The van der Waals surface area contributed by atoms with Gasteiger partial charge in [0.05, 0.1) is 22.6 Å². The molecule has 0 saturated heterocycles. The highest BCUT2D eigenvalue weighted by Gasteiger charge is 2.31. The van der Waals surface area contributed by atoms with Crippen LogP contribution in [0.15, 0.2) is 48.5 Å². The third-order valence-electron chi connectivity index (χ3n) is 4.24. The molecule has 2 aromatic carbocycles. The molecule has 0 amide bonds. The fraction of sp³-hybridized carbons (Fsp3) is 0.158. The zero-order valence-electron chi connectivity index (χ0n) is 13.7. The molecule has 1 unspecified atom stereocenters. The first-order valence-electron chi connectivity index (χ1n) is 8.12. The molecule has 0 saturated carbocycles. The van der Waals surface area contributed by atoms with Gasteiger partial charge in [0.2, 0.25) is 5.88 Å². The number of para-hydroxylation sites is 1. The first-order valence-corrected chi connectivity index (χ1v) is 8.12. The van der Waals surface area contributed by atoms with Gasteiger partial charge in [-0.3, -0.25) is 14.2 Å². The lowest BCUT2D eigenvalue weighted by Crippen LogP contribution is -2.20. The molecule has 132 valence electrons. The van der Waals surface area contributed by atoms with Gasteiger partial charge in [-0.15, -0.1) is 0 Å². The SMILES string of the molecule is NCC(O)c1c2n(-c3ccccc3)c3cccc(c13)OC(=O)CC(=O)O2. The van der Waals surface area contributed by atoms with E-state index in [0.717, 1.165) is 5.69 Å². The Balaban J connectivity index is 2.14. The lowest BCUT2D eigenvalue weighted by atomic mass is 10.1. The van der Waals surface area contributed by atoms with E-state index in [1.54, 1.807) is 22.8 Å². The van der Waals surface area contributed by atoms with Gasteiger partial charge in [-0.2, -0.15) is 0 Å². The monoisotopic (exact) mass is 352 g/mol. The Kier molecular flexibility index (Phi) is 3.95. The molecule has 0 fully saturated rings. The van der Waals surface area contributed by atoms with Gasteiger partial charge in [0.1, 0.15) is 12.2 Å². The van der Waals surface area contributed by atoms with Gasteiger partial charge in [-0.25, -0.2) is 0 Å². The largest absolute Gasteiger partial charge is 0.425 e. The minimum absolute atomic E-state index is 0.0826. The molecule has 1 aliphatic heterocycles. The highest BCUT2D eigenvalue weighted by Crippen LogP contribution is 2.43. The van der Waals surface area contributed by atoms with Crippen LogP contribution in [0, 0.1) is 0 Å². The number of hydrogen-bond acceptors (Lipinski definition) is 6. The Morgan fingerprint density at radius 1 is 1.04 bits per heavy atom. The number of ether oxygens (including phenoxy) is 2. The molecule has 7 nitrogen and oxygen atoms in total. The molecule has 2 bridgehead atoms. The van der Waals surface area contributed by atoms with Crippen molar-refractivity contribution in [2.24, 2.45) is 5.73 Å². The first-order chi connectivity index (χ1) is 12.6. The Bertz CT molecular complexity index is 1010. The summed E-state index contributed by atoms with van der Waals surface area (Å²) in [6.45, 7) is -0.0826. The van der Waals surface area contributed by atoms with E-state index in [1.807, 2.05) is 30.3 Å². The number of esters is 2. The number of carbonyl (C=O) groups excluding carboxylic acids is 2. The van der Waals surface area contributed by atoms with Crippen LogP contribution in [0.4, 0.5) is 0 Å². The van der Waals surface area contributed by atoms with Gasteiger partial charge in [0, 0.05) is 12.2 Å². The van der Waals surface area contributed by atoms with Crippen LogP contribution >= 0.6 is 0 Å². The van der Waals surface area contributed by atoms with Crippen LogP contribution in [0.3, 0.4) is 0 Å². The van der Waals surface area contributed by atoms with Crippen LogP contribution in [0.1, 0.15) is 18.1 Å². The average molecular weight is 352 g/mol. The lowest BCUT2D eigenvalue weighted by Gasteiger charge is -2.14. The van der Waals surface area contributed by atoms with E-state index >= 15 is 0 Å². The van der Waals surface area contributed by atoms with Gasteiger partial charge in [0.25, 0.3) is 0 Å². The molecule has 3 N–H and O–H groups in total. The van der Waals surface area contributed by atoms with Crippen molar-refractivity contribution in [2.45, 2.75) is 12.5 Å². The number of benzene rings is 2. The second-order valence-corrected chi connectivity index (χ2v) is 5.92. The minimum atomic E-state index is -1.09. The standard InChI is InChI=1S/C19H16N2O5/c20-10-13(22)18-17-12-7-4-8-14(17)25-15(23)9-16(24)26-19(18)21(12)11-5-2-1-3-6-11/h1-8,13,22H,9-10,20H2. The maximum Gasteiger partial charge on any atom is 0.323 e. The van der Waals surface area contributed by atoms with Gasteiger partial charge in [-0.05, 0) is 24.3 Å². The molecule has 7 heteroatoms. The van der Waals surface area contributed by atoms with E-state index in [2.05, 4.69) is 0 Å². The number of nitrogens with two attached hydrogens (primary N) is 1. The summed E-state index contributed by atoms with van der Waals surface area (Å²) in [6, 6.07) is 14.4. The molecular formula is C19H16N2O5. The molecule has 0 spiro atoms. The van der Waals surface area contributed by atoms with Crippen LogP contribution in [-0.2, 0) is 9.59 Å². The molecular weight excluding hydrogens is 336 g/mol. The van der Waals surface area contributed by atoms with Crippen molar-refractivity contribution in [3.8, 4) is 17.3 Å². The molecule has 0 radical (unpaired) electrons. The van der Waals surface area contributed by atoms with Crippen LogP contribution in [0.2, 0.25) is 0 Å². The number of aliphatic hydroxyl groups excluding tert-OH is 1. The number of nitrogens with zero attached hydrogens (tertiary/aromatic N) is 1. The second kappa shape index (κ2) is 6.29. The van der Waals surface area contributed by atoms with Crippen molar-refractivity contribution < 1.29 is 24.2 Å².